The van der Waals surface area contributed by atoms with Gasteiger partial charge >= 0.3 is 0 Å². The van der Waals surface area contributed by atoms with Crippen LogP contribution in [0.25, 0.3) is 0 Å². The summed E-state index contributed by atoms with van der Waals surface area (Å²) in [6.45, 7) is 4.50. The molecule has 0 aromatic heterocycles. The molecule has 0 bridgehead atoms. The van der Waals surface area contributed by atoms with Crippen LogP contribution in [0.3, 0.4) is 0 Å². The Hall–Kier alpha value is -1.33. The maximum Gasteiger partial charge on any atom is 0.150 e. The lowest BCUT2D eigenvalue weighted by molar-refractivity contribution is 0.0856. The van der Waals surface area contributed by atoms with Crippen LogP contribution in [-0.4, -0.2) is 12.7 Å². The zero-order chi connectivity index (χ0) is 10.4. The van der Waals surface area contributed by atoms with E-state index in [1.165, 1.54) is 0 Å². The van der Waals surface area contributed by atoms with Crippen LogP contribution in [0.5, 0.6) is 0 Å². The summed E-state index contributed by atoms with van der Waals surface area (Å²) < 4.78 is 5.35. The van der Waals surface area contributed by atoms with Crippen LogP contribution >= 0.6 is 0 Å². The number of rotatable bonds is 4. The van der Waals surface area contributed by atoms with Gasteiger partial charge < -0.3 is 4.74 Å². The molecule has 0 amide bonds. The Morgan fingerprint density at radius 1 is 1.36 bits per heavy atom. The summed E-state index contributed by atoms with van der Waals surface area (Å²) in [7, 11) is 0. The average molecular weight is 189 g/mol. The molecule has 0 aliphatic rings. The van der Waals surface area contributed by atoms with E-state index in [9.17, 15) is 0 Å². The molecule has 14 heavy (non-hydrogen) atoms. The molecule has 0 spiro atoms. The Balaban J connectivity index is 2.74. The van der Waals surface area contributed by atoms with Crippen molar-refractivity contribution < 1.29 is 4.74 Å². The summed E-state index contributed by atoms with van der Waals surface area (Å²) in [4.78, 5) is 0. The van der Waals surface area contributed by atoms with E-state index in [4.69, 9.17) is 10.00 Å². The van der Waals surface area contributed by atoms with Crippen LogP contribution < -0.4 is 0 Å². The first kappa shape index (κ1) is 10.7. The van der Waals surface area contributed by atoms with Crippen LogP contribution in [0.2, 0.25) is 0 Å². The van der Waals surface area contributed by atoms with Crippen LogP contribution in [-0.2, 0) is 4.74 Å². The SMILES string of the molecule is CCOC(C#N)C(C)c1ccccc1. The smallest absolute Gasteiger partial charge is 0.150 e. The second-order valence-electron chi connectivity index (χ2n) is 3.20. The van der Waals surface area contributed by atoms with Crippen molar-refractivity contribution in [3.8, 4) is 6.07 Å². The fourth-order valence-electron chi connectivity index (χ4n) is 1.40. The molecule has 74 valence electrons. The molecular weight excluding hydrogens is 174 g/mol. The highest BCUT2D eigenvalue weighted by Crippen LogP contribution is 2.20. The maximum absolute atomic E-state index is 8.91. The van der Waals surface area contributed by atoms with Crippen molar-refractivity contribution >= 4 is 0 Å². The molecule has 1 aromatic rings. The molecule has 2 nitrogen and oxygen atoms in total. The van der Waals surface area contributed by atoms with Gasteiger partial charge in [-0.1, -0.05) is 37.3 Å². The number of nitrogens with zero attached hydrogens (tertiary/aromatic N) is 1. The van der Waals surface area contributed by atoms with E-state index in [0.717, 1.165) is 5.56 Å². The number of nitriles is 1. The van der Waals surface area contributed by atoms with Gasteiger partial charge in [0.1, 0.15) is 6.10 Å². The van der Waals surface area contributed by atoms with Crippen molar-refractivity contribution in [1.82, 2.24) is 0 Å². The molecule has 0 heterocycles. The Morgan fingerprint density at radius 2 is 2.00 bits per heavy atom. The van der Waals surface area contributed by atoms with Gasteiger partial charge in [0.15, 0.2) is 0 Å². The molecule has 0 fully saturated rings. The van der Waals surface area contributed by atoms with E-state index in [2.05, 4.69) is 6.07 Å². The molecule has 0 saturated carbocycles. The van der Waals surface area contributed by atoms with E-state index in [1.807, 2.05) is 44.2 Å². The third-order valence-electron chi connectivity index (χ3n) is 2.25. The van der Waals surface area contributed by atoms with E-state index < -0.39 is 0 Å². The van der Waals surface area contributed by atoms with Gasteiger partial charge in [0.2, 0.25) is 0 Å². The second kappa shape index (κ2) is 5.41. The monoisotopic (exact) mass is 189 g/mol. The predicted molar refractivity (Wildman–Crippen MR) is 55.9 cm³/mol. The Labute approximate surface area is 85.1 Å². The molecule has 2 unspecified atom stereocenters. The Morgan fingerprint density at radius 3 is 2.50 bits per heavy atom. The summed E-state index contributed by atoms with van der Waals surface area (Å²) >= 11 is 0. The van der Waals surface area contributed by atoms with E-state index in [-0.39, 0.29) is 12.0 Å². The molecule has 0 aliphatic heterocycles. The third kappa shape index (κ3) is 2.58. The van der Waals surface area contributed by atoms with Crippen molar-refractivity contribution in [1.29, 1.82) is 5.26 Å². The van der Waals surface area contributed by atoms with Gasteiger partial charge in [-0.15, -0.1) is 0 Å². The molecule has 0 saturated heterocycles. The quantitative estimate of drug-likeness (QED) is 0.729. The van der Waals surface area contributed by atoms with E-state index >= 15 is 0 Å². The van der Waals surface area contributed by atoms with Crippen molar-refractivity contribution in [2.24, 2.45) is 0 Å². The lowest BCUT2D eigenvalue weighted by Crippen LogP contribution is -2.18. The van der Waals surface area contributed by atoms with Crippen molar-refractivity contribution in [3.05, 3.63) is 35.9 Å². The van der Waals surface area contributed by atoms with Crippen LogP contribution in [0.1, 0.15) is 25.3 Å². The molecular formula is C12H15NO. The largest absolute Gasteiger partial charge is 0.363 e. The van der Waals surface area contributed by atoms with Gasteiger partial charge in [-0.05, 0) is 12.5 Å². The molecule has 0 aliphatic carbocycles. The van der Waals surface area contributed by atoms with Crippen molar-refractivity contribution in [2.45, 2.75) is 25.9 Å². The van der Waals surface area contributed by atoms with E-state index in [1.54, 1.807) is 0 Å². The molecule has 0 N–H and O–H groups in total. The van der Waals surface area contributed by atoms with Crippen LogP contribution in [0, 0.1) is 11.3 Å². The highest BCUT2D eigenvalue weighted by Gasteiger charge is 2.17. The number of hydrogen-bond acceptors (Lipinski definition) is 2. The summed E-state index contributed by atoms with van der Waals surface area (Å²) in [6.07, 6.45) is -0.345. The topological polar surface area (TPSA) is 33.0 Å². The summed E-state index contributed by atoms with van der Waals surface area (Å²) in [5.41, 5.74) is 1.15. The highest BCUT2D eigenvalue weighted by molar-refractivity contribution is 5.21. The first-order valence-corrected chi connectivity index (χ1v) is 4.85. The lowest BCUT2D eigenvalue weighted by Gasteiger charge is -2.17. The lowest BCUT2D eigenvalue weighted by atomic mass is 9.96. The molecule has 1 aromatic carbocycles. The molecule has 2 heteroatoms. The first-order valence-electron chi connectivity index (χ1n) is 4.85. The van der Waals surface area contributed by atoms with E-state index in [0.29, 0.717) is 6.61 Å². The molecule has 0 radical (unpaired) electrons. The van der Waals surface area contributed by atoms with Crippen LogP contribution in [0.15, 0.2) is 30.3 Å². The van der Waals surface area contributed by atoms with Gasteiger partial charge in [0.25, 0.3) is 0 Å². The first-order chi connectivity index (χ1) is 6.79. The summed E-state index contributed by atoms with van der Waals surface area (Å²) in [5, 5.41) is 8.91. The highest BCUT2D eigenvalue weighted by atomic mass is 16.5. The zero-order valence-electron chi connectivity index (χ0n) is 8.60. The third-order valence-corrected chi connectivity index (χ3v) is 2.25. The molecule has 1 rings (SSSR count). The second-order valence-corrected chi connectivity index (χ2v) is 3.20. The maximum atomic E-state index is 8.91. The number of ether oxygens (including phenoxy) is 1. The number of hydrogen-bond donors (Lipinski definition) is 0. The van der Waals surface area contributed by atoms with Crippen LogP contribution in [0.4, 0.5) is 0 Å². The minimum atomic E-state index is -0.345. The standard InChI is InChI=1S/C12H15NO/c1-3-14-12(9-13)10(2)11-7-5-4-6-8-11/h4-8,10,12H,3H2,1-2H3. The predicted octanol–water partition coefficient (Wildman–Crippen LogP) is 2.72. The van der Waals surface area contributed by atoms with Gasteiger partial charge in [-0.25, -0.2) is 0 Å². The minimum Gasteiger partial charge on any atom is -0.363 e. The number of benzene rings is 1. The van der Waals surface area contributed by atoms with Gasteiger partial charge in [0, 0.05) is 12.5 Å². The van der Waals surface area contributed by atoms with Gasteiger partial charge in [0.05, 0.1) is 6.07 Å². The molecule has 2 atom stereocenters. The Kier molecular flexibility index (Phi) is 4.15. The summed E-state index contributed by atoms with van der Waals surface area (Å²) in [6, 6.07) is 12.1. The van der Waals surface area contributed by atoms with Crippen molar-refractivity contribution in [3.63, 3.8) is 0 Å². The normalized spacial score (nSPS) is 14.4. The fourth-order valence-corrected chi connectivity index (χ4v) is 1.40. The van der Waals surface area contributed by atoms with Crippen molar-refractivity contribution in [2.75, 3.05) is 6.61 Å². The minimum absolute atomic E-state index is 0.126. The average Bonchev–Trinajstić information content (AvgIpc) is 2.26. The summed E-state index contributed by atoms with van der Waals surface area (Å²) in [5.74, 6) is 0.126. The van der Waals surface area contributed by atoms with Gasteiger partial charge in [-0.3, -0.25) is 0 Å². The Bertz CT molecular complexity index is 302. The fraction of sp³-hybridized carbons (Fsp3) is 0.417. The van der Waals surface area contributed by atoms with Gasteiger partial charge in [-0.2, -0.15) is 5.26 Å². The zero-order valence-corrected chi connectivity index (χ0v) is 8.60.